The lowest BCUT2D eigenvalue weighted by molar-refractivity contribution is -0.138. The lowest BCUT2D eigenvalue weighted by Crippen LogP contribution is -2.16. The maximum absolute atomic E-state index is 12.8. The molecule has 1 rings (SSSR count). The van der Waals surface area contributed by atoms with Crippen molar-refractivity contribution in [3.63, 3.8) is 0 Å². The Balaban J connectivity index is 3.02. The van der Waals surface area contributed by atoms with Crippen molar-refractivity contribution < 1.29 is 23.1 Å². The van der Waals surface area contributed by atoms with Crippen LogP contribution in [0.3, 0.4) is 0 Å². The van der Waals surface area contributed by atoms with Gasteiger partial charge in [-0.05, 0) is 24.5 Å². The Hall–Kier alpha value is -1.37. The molecule has 0 aliphatic carbocycles. The molecule has 106 valence electrons. The molecule has 0 aromatic heterocycles. The summed E-state index contributed by atoms with van der Waals surface area (Å²) >= 11 is 1.58. The first kappa shape index (κ1) is 15.7. The summed E-state index contributed by atoms with van der Waals surface area (Å²) in [7, 11) is 0. The van der Waals surface area contributed by atoms with Gasteiger partial charge >= 0.3 is 12.1 Å². The van der Waals surface area contributed by atoms with Crippen molar-refractivity contribution in [3.05, 3.63) is 29.3 Å². The number of carboxylic acid groups (broad SMARTS) is 1. The monoisotopic (exact) mass is 293 g/mol. The van der Waals surface area contributed by atoms with Gasteiger partial charge in [0.05, 0.1) is 11.1 Å². The van der Waals surface area contributed by atoms with Crippen molar-refractivity contribution in [2.75, 3.05) is 18.1 Å². The molecule has 0 radical (unpaired) electrons. The molecule has 19 heavy (non-hydrogen) atoms. The van der Waals surface area contributed by atoms with E-state index in [0.29, 0.717) is 6.54 Å². The number of nitrogens with one attached hydrogen (secondary N) is 1. The van der Waals surface area contributed by atoms with E-state index in [4.69, 9.17) is 5.11 Å². The van der Waals surface area contributed by atoms with Crippen LogP contribution in [0.4, 0.5) is 18.9 Å². The molecule has 0 aliphatic rings. The first-order chi connectivity index (χ1) is 8.75. The summed E-state index contributed by atoms with van der Waals surface area (Å²) in [4.78, 5) is 10.8. The largest absolute Gasteiger partial charge is 0.478 e. The minimum Gasteiger partial charge on any atom is -0.478 e. The van der Waals surface area contributed by atoms with Gasteiger partial charge in [-0.15, -0.1) is 0 Å². The zero-order chi connectivity index (χ0) is 14.6. The second kappa shape index (κ2) is 6.18. The maximum atomic E-state index is 12.8. The third kappa shape index (κ3) is 4.34. The van der Waals surface area contributed by atoms with Crippen LogP contribution in [-0.2, 0) is 6.18 Å². The summed E-state index contributed by atoms with van der Waals surface area (Å²) in [5.74, 6) is -1.59. The van der Waals surface area contributed by atoms with Crippen molar-refractivity contribution in [3.8, 4) is 0 Å². The van der Waals surface area contributed by atoms with Gasteiger partial charge in [-0.3, -0.25) is 0 Å². The number of alkyl halides is 3. The number of halogens is 3. The normalized spacial score (nSPS) is 13.1. The second-order valence-electron chi connectivity index (χ2n) is 3.99. The van der Waals surface area contributed by atoms with E-state index in [2.05, 4.69) is 5.32 Å². The van der Waals surface area contributed by atoms with E-state index in [1.54, 1.807) is 11.8 Å². The molecule has 1 aromatic rings. The topological polar surface area (TPSA) is 49.3 Å². The molecule has 2 N–H and O–H groups in total. The molecule has 0 heterocycles. The second-order valence-corrected chi connectivity index (χ2v) is 5.27. The average Bonchev–Trinajstić information content (AvgIpc) is 2.34. The predicted molar refractivity (Wildman–Crippen MR) is 69.9 cm³/mol. The third-order valence-corrected chi connectivity index (χ3v) is 3.52. The summed E-state index contributed by atoms with van der Waals surface area (Å²) in [5.41, 5.74) is -1.61. The maximum Gasteiger partial charge on any atom is 0.417 e. The van der Waals surface area contributed by atoms with E-state index in [1.165, 1.54) is 6.07 Å². The smallest absolute Gasteiger partial charge is 0.417 e. The van der Waals surface area contributed by atoms with Crippen molar-refractivity contribution >= 4 is 23.4 Å². The number of hydrogen-bond acceptors (Lipinski definition) is 3. The Labute approximate surface area is 113 Å². The van der Waals surface area contributed by atoms with E-state index in [0.717, 1.165) is 12.1 Å². The predicted octanol–water partition coefficient (Wildman–Crippen LogP) is 3.57. The minimum atomic E-state index is -4.68. The van der Waals surface area contributed by atoms with Crippen molar-refractivity contribution in [1.29, 1.82) is 0 Å². The van der Waals surface area contributed by atoms with Crippen LogP contribution < -0.4 is 5.32 Å². The van der Waals surface area contributed by atoms with E-state index in [1.807, 2.05) is 13.2 Å². The van der Waals surface area contributed by atoms with Crippen molar-refractivity contribution in [2.45, 2.75) is 18.3 Å². The van der Waals surface area contributed by atoms with Crippen LogP contribution in [0, 0.1) is 0 Å². The highest BCUT2D eigenvalue weighted by molar-refractivity contribution is 7.99. The van der Waals surface area contributed by atoms with Crippen LogP contribution in [0.2, 0.25) is 0 Å². The first-order valence-corrected chi connectivity index (χ1v) is 6.75. The van der Waals surface area contributed by atoms with Crippen LogP contribution in [0.15, 0.2) is 18.2 Å². The molecule has 0 aliphatic heterocycles. The van der Waals surface area contributed by atoms with Gasteiger partial charge in [0, 0.05) is 17.5 Å². The van der Waals surface area contributed by atoms with Crippen LogP contribution in [0.25, 0.3) is 0 Å². The quantitative estimate of drug-likeness (QED) is 0.871. The molecule has 1 unspecified atom stereocenters. The minimum absolute atomic E-state index is 0.244. The molecular weight excluding hydrogens is 279 g/mol. The van der Waals surface area contributed by atoms with E-state index >= 15 is 0 Å². The standard InChI is InChI=1S/C12H14F3NO2S/c1-7(19-2)6-16-8-3-4-9(11(17)18)10(5-8)12(13,14)15/h3-5,7,16H,6H2,1-2H3,(H,17,18). The molecule has 3 nitrogen and oxygen atoms in total. The number of benzene rings is 1. The van der Waals surface area contributed by atoms with Gasteiger partial charge in [-0.25, -0.2) is 4.79 Å². The fourth-order valence-electron chi connectivity index (χ4n) is 1.42. The van der Waals surface area contributed by atoms with Crippen LogP contribution in [0.5, 0.6) is 0 Å². The summed E-state index contributed by atoms with van der Waals surface area (Å²) in [5, 5.41) is 11.9. The van der Waals surface area contributed by atoms with Crippen LogP contribution in [-0.4, -0.2) is 29.1 Å². The zero-order valence-electron chi connectivity index (χ0n) is 10.4. The summed E-state index contributed by atoms with van der Waals surface area (Å²) in [6.07, 6.45) is -2.78. The molecule has 7 heteroatoms. The Kier molecular flexibility index (Phi) is 5.11. The Morgan fingerprint density at radius 3 is 2.58 bits per heavy atom. The Bertz CT molecular complexity index is 463. The molecule has 1 aromatic carbocycles. The molecule has 1 atom stereocenters. The van der Waals surface area contributed by atoms with E-state index in [-0.39, 0.29) is 10.9 Å². The first-order valence-electron chi connectivity index (χ1n) is 5.47. The van der Waals surface area contributed by atoms with Crippen LogP contribution in [0.1, 0.15) is 22.8 Å². The lowest BCUT2D eigenvalue weighted by Gasteiger charge is -2.15. The number of aromatic carboxylic acids is 1. The summed E-state index contributed by atoms with van der Waals surface area (Å²) in [6.45, 7) is 2.44. The third-order valence-electron chi connectivity index (χ3n) is 2.55. The van der Waals surface area contributed by atoms with Crippen molar-refractivity contribution in [2.24, 2.45) is 0 Å². The molecule has 0 bridgehead atoms. The zero-order valence-corrected chi connectivity index (χ0v) is 11.2. The van der Waals surface area contributed by atoms with Gasteiger partial charge in [-0.1, -0.05) is 6.92 Å². The Morgan fingerprint density at radius 2 is 2.11 bits per heavy atom. The highest BCUT2D eigenvalue weighted by Crippen LogP contribution is 2.33. The fourth-order valence-corrected chi connectivity index (χ4v) is 1.67. The highest BCUT2D eigenvalue weighted by atomic mass is 32.2. The van der Waals surface area contributed by atoms with E-state index < -0.39 is 23.3 Å². The molecule has 0 saturated carbocycles. The van der Waals surface area contributed by atoms with Gasteiger partial charge in [0.25, 0.3) is 0 Å². The summed E-state index contributed by atoms with van der Waals surface area (Å²) < 4.78 is 38.3. The SMILES string of the molecule is CSC(C)CNc1ccc(C(=O)O)c(C(F)(F)F)c1. The number of anilines is 1. The van der Waals surface area contributed by atoms with Gasteiger partial charge in [0.2, 0.25) is 0 Å². The Morgan fingerprint density at radius 1 is 1.47 bits per heavy atom. The molecule has 0 amide bonds. The summed E-state index contributed by atoms with van der Waals surface area (Å²) in [6, 6.07) is 3.14. The van der Waals surface area contributed by atoms with Gasteiger partial charge in [0.15, 0.2) is 0 Å². The number of carbonyl (C=O) groups is 1. The molecule has 0 fully saturated rings. The van der Waals surface area contributed by atoms with Gasteiger partial charge < -0.3 is 10.4 Å². The van der Waals surface area contributed by atoms with Crippen LogP contribution >= 0.6 is 11.8 Å². The highest BCUT2D eigenvalue weighted by Gasteiger charge is 2.35. The van der Waals surface area contributed by atoms with Gasteiger partial charge in [-0.2, -0.15) is 24.9 Å². The van der Waals surface area contributed by atoms with E-state index in [9.17, 15) is 18.0 Å². The number of rotatable bonds is 5. The van der Waals surface area contributed by atoms with Crippen molar-refractivity contribution in [1.82, 2.24) is 0 Å². The lowest BCUT2D eigenvalue weighted by atomic mass is 10.1. The number of thioether (sulfide) groups is 1. The fraction of sp³-hybridized carbons (Fsp3) is 0.417. The number of carboxylic acids is 1. The van der Waals surface area contributed by atoms with Gasteiger partial charge in [0.1, 0.15) is 0 Å². The number of hydrogen-bond donors (Lipinski definition) is 2. The molecule has 0 spiro atoms. The molecule has 0 saturated heterocycles. The molecular formula is C12H14F3NO2S. The average molecular weight is 293 g/mol.